The average Bonchev–Trinajstić information content (AvgIpc) is 2.36. The van der Waals surface area contributed by atoms with Crippen molar-refractivity contribution in [1.82, 2.24) is 20.4 Å². The Kier molecular flexibility index (Phi) is 4.36. The third-order valence-electron chi connectivity index (χ3n) is 2.52. The Bertz CT molecular complexity index is 626. The highest BCUT2D eigenvalue weighted by Gasteiger charge is 2.14. The molecule has 19 heavy (non-hydrogen) atoms. The number of hydrogen-bond donors (Lipinski definition) is 2. The lowest BCUT2D eigenvalue weighted by molar-refractivity contribution is -0.120. The largest absolute Gasteiger partial charge is 0.341 e. The molecular formula is C11H13N5O3. The van der Waals surface area contributed by atoms with Gasteiger partial charge in [0.25, 0.3) is 5.56 Å². The Morgan fingerprint density at radius 3 is 2.58 bits per heavy atom. The highest BCUT2D eigenvalue weighted by Crippen LogP contribution is 2.04. The first-order valence-corrected chi connectivity index (χ1v) is 5.40. The summed E-state index contributed by atoms with van der Waals surface area (Å²) in [6.45, 7) is 2.81. The van der Waals surface area contributed by atoms with Crippen LogP contribution in [0.3, 0.4) is 0 Å². The summed E-state index contributed by atoms with van der Waals surface area (Å²) in [5.74, 6) is -0.693. The van der Waals surface area contributed by atoms with Gasteiger partial charge in [0.1, 0.15) is 18.2 Å². The second-order valence-electron chi connectivity index (χ2n) is 3.79. The summed E-state index contributed by atoms with van der Waals surface area (Å²) < 4.78 is 0.860. The minimum Gasteiger partial charge on any atom is -0.341 e. The number of hydrogen-bond acceptors (Lipinski definition) is 5. The van der Waals surface area contributed by atoms with E-state index in [2.05, 4.69) is 10.4 Å². The molecule has 2 N–H and O–H groups in total. The van der Waals surface area contributed by atoms with Gasteiger partial charge in [0, 0.05) is 7.05 Å². The van der Waals surface area contributed by atoms with E-state index in [4.69, 9.17) is 5.26 Å². The fraction of sp³-hybridized carbons (Fsp3) is 0.364. The number of urea groups is 1. The number of imide groups is 1. The second-order valence-corrected chi connectivity index (χ2v) is 3.79. The lowest BCUT2D eigenvalue weighted by atomic mass is 10.1. The topological polar surface area (TPSA) is 117 Å². The van der Waals surface area contributed by atoms with E-state index in [1.807, 2.05) is 5.32 Å². The number of nitrogens with one attached hydrogen (secondary N) is 2. The van der Waals surface area contributed by atoms with Crippen LogP contribution in [-0.2, 0) is 11.3 Å². The molecule has 3 amide bonds. The first-order chi connectivity index (χ1) is 8.90. The van der Waals surface area contributed by atoms with Gasteiger partial charge in [-0.3, -0.25) is 14.9 Å². The molecule has 1 rings (SSSR count). The van der Waals surface area contributed by atoms with Gasteiger partial charge in [-0.05, 0) is 19.4 Å². The zero-order valence-electron chi connectivity index (χ0n) is 10.8. The molecule has 100 valence electrons. The average molecular weight is 263 g/mol. The predicted octanol–water partition coefficient (Wildman–Crippen LogP) is -0.813. The van der Waals surface area contributed by atoms with Gasteiger partial charge in [-0.15, -0.1) is 0 Å². The van der Waals surface area contributed by atoms with Gasteiger partial charge >= 0.3 is 6.03 Å². The van der Waals surface area contributed by atoms with Gasteiger partial charge < -0.3 is 5.32 Å². The maximum absolute atomic E-state index is 11.9. The molecule has 0 bridgehead atoms. The lowest BCUT2D eigenvalue weighted by Crippen LogP contribution is -2.41. The third-order valence-corrected chi connectivity index (χ3v) is 2.52. The molecule has 0 unspecified atom stereocenters. The van der Waals surface area contributed by atoms with Crippen molar-refractivity contribution in [2.45, 2.75) is 20.4 Å². The van der Waals surface area contributed by atoms with Crippen LogP contribution in [0.25, 0.3) is 0 Å². The van der Waals surface area contributed by atoms with E-state index in [0.29, 0.717) is 11.3 Å². The Morgan fingerprint density at radius 1 is 1.42 bits per heavy atom. The first kappa shape index (κ1) is 14.4. The molecule has 0 spiro atoms. The Hall–Kier alpha value is -2.69. The SMILES string of the molecule is CNC(=O)NC(=O)Cn1nc(C)c(C)c(C#N)c1=O. The Labute approximate surface area is 109 Å². The monoisotopic (exact) mass is 263 g/mol. The van der Waals surface area contributed by atoms with Crippen molar-refractivity contribution in [2.75, 3.05) is 7.05 Å². The van der Waals surface area contributed by atoms with Crippen LogP contribution in [0.5, 0.6) is 0 Å². The van der Waals surface area contributed by atoms with E-state index < -0.39 is 24.0 Å². The van der Waals surface area contributed by atoms with Gasteiger partial charge in [0.2, 0.25) is 5.91 Å². The molecule has 0 aliphatic heterocycles. The summed E-state index contributed by atoms with van der Waals surface area (Å²) in [7, 11) is 1.36. The molecule has 0 saturated heterocycles. The molecule has 8 heteroatoms. The van der Waals surface area contributed by atoms with Gasteiger partial charge in [-0.25, -0.2) is 9.48 Å². The van der Waals surface area contributed by atoms with Crippen molar-refractivity contribution in [3.05, 3.63) is 27.2 Å². The van der Waals surface area contributed by atoms with Gasteiger partial charge in [-0.1, -0.05) is 0 Å². The number of rotatable bonds is 2. The maximum Gasteiger partial charge on any atom is 0.321 e. The number of aryl methyl sites for hydroxylation is 1. The van der Waals surface area contributed by atoms with Gasteiger partial charge in [-0.2, -0.15) is 10.4 Å². The fourth-order valence-corrected chi connectivity index (χ4v) is 1.38. The number of nitriles is 1. The van der Waals surface area contributed by atoms with Crippen LogP contribution >= 0.6 is 0 Å². The molecule has 0 atom stereocenters. The summed E-state index contributed by atoms with van der Waals surface area (Å²) in [5, 5.41) is 17.0. The van der Waals surface area contributed by atoms with Crippen LogP contribution in [0, 0.1) is 25.2 Å². The van der Waals surface area contributed by atoms with Gasteiger partial charge in [0.05, 0.1) is 5.69 Å². The number of nitrogens with zero attached hydrogens (tertiary/aromatic N) is 3. The third kappa shape index (κ3) is 3.16. The van der Waals surface area contributed by atoms with E-state index in [9.17, 15) is 14.4 Å². The zero-order chi connectivity index (χ0) is 14.6. The molecule has 1 heterocycles. The maximum atomic E-state index is 11.9. The van der Waals surface area contributed by atoms with E-state index >= 15 is 0 Å². The fourth-order valence-electron chi connectivity index (χ4n) is 1.38. The number of carbonyl (C=O) groups is 2. The van der Waals surface area contributed by atoms with Gasteiger partial charge in [0.15, 0.2) is 0 Å². The summed E-state index contributed by atoms with van der Waals surface area (Å²) in [6, 6.07) is 1.11. The first-order valence-electron chi connectivity index (χ1n) is 5.40. The zero-order valence-corrected chi connectivity index (χ0v) is 10.8. The lowest BCUT2D eigenvalue weighted by Gasteiger charge is -2.08. The van der Waals surface area contributed by atoms with Crippen LogP contribution in [0.15, 0.2) is 4.79 Å². The van der Waals surface area contributed by atoms with Crippen molar-refractivity contribution in [2.24, 2.45) is 0 Å². The molecule has 8 nitrogen and oxygen atoms in total. The van der Waals surface area contributed by atoms with Crippen LogP contribution in [0.1, 0.15) is 16.8 Å². The highest BCUT2D eigenvalue weighted by molar-refractivity contribution is 5.93. The minimum absolute atomic E-state index is 0.0553. The normalized spacial score (nSPS) is 9.58. The molecule has 0 fully saturated rings. The van der Waals surface area contributed by atoms with E-state index in [-0.39, 0.29) is 5.56 Å². The van der Waals surface area contributed by atoms with Crippen molar-refractivity contribution in [3.63, 3.8) is 0 Å². The van der Waals surface area contributed by atoms with E-state index in [1.54, 1.807) is 19.9 Å². The van der Waals surface area contributed by atoms with Crippen molar-refractivity contribution in [3.8, 4) is 6.07 Å². The molecular weight excluding hydrogens is 250 g/mol. The molecule has 1 aromatic rings. The smallest absolute Gasteiger partial charge is 0.321 e. The minimum atomic E-state index is -0.693. The summed E-state index contributed by atoms with van der Waals surface area (Å²) in [4.78, 5) is 34.3. The summed E-state index contributed by atoms with van der Waals surface area (Å²) in [6.07, 6.45) is 0. The van der Waals surface area contributed by atoms with Crippen LogP contribution in [0.2, 0.25) is 0 Å². The predicted molar refractivity (Wildman–Crippen MR) is 65.3 cm³/mol. The number of amides is 3. The molecule has 0 saturated carbocycles. The standard InChI is InChI=1S/C11H13N5O3/c1-6-7(2)15-16(10(18)8(6)4-12)5-9(17)14-11(19)13-3/h5H2,1-3H3,(H2,13,14,17,19). The summed E-state index contributed by atoms with van der Waals surface area (Å²) in [5.41, 5.74) is 0.247. The Balaban J connectivity index is 3.07. The van der Waals surface area contributed by atoms with Crippen molar-refractivity contribution in [1.29, 1.82) is 5.26 Å². The highest BCUT2D eigenvalue weighted by atomic mass is 16.2. The molecule has 0 aliphatic rings. The van der Waals surface area contributed by atoms with Crippen LogP contribution in [-0.4, -0.2) is 28.8 Å². The van der Waals surface area contributed by atoms with Crippen molar-refractivity contribution < 1.29 is 9.59 Å². The van der Waals surface area contributed by atoms with Crippen molar-refractivity contribution >= 4 is 11.9 Å². The Morgan fingerprint density at radius 2 is 2.05 bits per heavy atom. The molecule has 0 radical (unpaired) electrons. The van der Waals surface area contributed by atoms with Crippen LogP contribution in [0.4, 0.5) is 4.79 Å². The van der Waals surface area contributed by atoms with Crippen LogP contribution < -0.4 is 16.2 Å². The second kappa shape index (κ2) is 5.77. The summed E-state index contributed by atoms with van der Waals surface area (Å²) >= 11 is 0. The molecule has 1 aromatic heterocycles. The number of carbonyl (C=O) groups excluding carboxylic acids is 2. The molecule has 0 aromatic carbocycles. The molecule has 0 aliphatic carbocycles. The quantitative estimate of drug-likeness (QED) is 0.723. The number of aromatic nitrogens is 2. The van der Waals surface area contributed by atoms with E-state index in [0.717, 1.165) is 4.68 Å². The van der Waals surface area contributed by atoms with E-state index in [1.165, 1.54) is 7.05 Å².